The van der Waals surface area contributed by atoms with Crippen LogP contribution in [-0.2, 0) is 0 Å². The minimum Gasteiger partial charge on any atom is -0.504 e. The maximum absolute atomic E-state index is 9.11. The molecule has 0 saturated carbocycles. The van der Waals surface area contributed by atoms with Gasteiger partial charge in [-0.15, -0.1) is 11.6 Å². The van der Waals surface area contributed by atoms with Crippen molar-refractivity contribution in [3.05, 3.63) is 23.8 Å². The van der Waals surface area contributed by atoms with E-state index in [1.165, 1.54) is 12.1 Å². The Morgan fingerprint density at radius 3 is 2.62 bits per heavy atom. The van der Waals surface area contributed by atoms with Gasteiger partial charge in [0, 0.05) is 17.9 Å². The van der Waals surface area contributed by atoms with Crippen LogP contribution >= 0.6 is 11.6 Å². The van der Waals surface area contributed by atoms with Gasteiger partial charge in [-0.05, 0) is 18.2 Å². The van der Waals surface area contributed by atoms with Gasteiger partial charge in [-0.2, -0.15) is 0 Å². The molecule has 0 atom stereocenters. The van der Waals surface area contributed by atoms with E-state index in [-0.39, 0.29) is 11.5 Å². The number of hydrogen-bond acceptors (Lipinski definition) is 2. The lowest BCUT2D eigenvalue weighted by atomic mass is 10.2. The lowest BCUT2D eigenvalue weighted by molar-refractivity contribution is 0.403. The Bertz CT molecular complexity index is 350. The van der Waals surface area contributed by atoms with Crippen LogP contribution in [-0.4, -0.2) is 16.1 Å². The quantitative estimate of drug-likeness (QED) is 0.410. The topological polar surface area (TPSA) is 40.5 Å². The molecule has 0 unspecified atom stereocenters. The van der Waals surface area contributed by atoms with Crippen LogP contribution in [0.25, 0.3) is 0 Å². The second-order valence-corrected chi connectivity index (χ2v) is 2.82. The molecule has 0 bridgehead atoms. The largest absolute Gasteiger partial charge is 0.504 e. The fraction of sp³-hybridized carbons (Fsp3) is 0.200. The molecule has 3 heteroatoms. The standard InChI is InChI=1S/C10H9ClO2/c11-6-2-1-3-8-4-5-9(12)10(13)7-8/h4-5,7,12-13H,2,6H2. The van der Waals surface area contributed by atoms with Crippen LogP contribution in [0.5, 0.6) is 11.5 Å². The van der Waals surface area contributed by atoms with Crippen molar-refractivity contribution in [2.24, 2.45) is 0 Å². The van der Waals surface area contributed by atoms with Crippen molar-refractivity contribution in [1.29, 1.82) is 0 Å². The normalized spacial score (nSPS) is 9.00. The first kappa shape index (κ1) is 9.76. The summed E-state index contributed by atoms with van der Waals surface area (Å²) in [7, 11) is 0. The van der Waals surface area contributed by atoms with E-state index in [1.807, 2.05) is 0 Å². The van der Waals surface area contributed by atoms with Gasteiger partial charge < -0.3 is 10.2 Å². The van der Waals surface area contributed by atoms with E-state index in [0.29, 0.717) is 17.9 Å². The highest BCUT2D eigenvalue weighted by Crippen LogP contribution is 2.24. The number of aromatic hydroxyl groups is 2. The molecule has 0 aromatic heterocycles. The van der Waals surface area contributed by atoms with Gasteiger partial charge >= 0.3 is 0 Å². The van der Waals surface area contributed by atoms with Crippen LogP contribution in [0.4, 0.5) is 0 Å². The number of rotatable bonds is 1. The summed E-state index contributed by atoms with van der Waals surface area (Å²) in [4.78, 5) is 0. The maximum atomic E-state index is 9.11. The summed E-state index contributed by atoms with van der Waals surface area (Å²) in [6.45, 7) is 0. The molecule has 0 aliphatic rings. The Hall–Kier alpha value is -1.33. The van der Waals surface area contributed by atoms with Gasteiger partial charge in [0.25, 0.3) is 0 Å². The van der Waals surface area contributed by atoms with Crippen molar-refractivity contribution in [3.8, 4) is 23.3 Å². The lowest BCUT2D eigenvalue weighted by Crippen LogP contribution is -1.75. The summed E-state index contributed by atoms with van der Waals surface area (Å²) in [5.41, 5.74) is 0.667. The molecule has 1 rings (SSSR count). The first-order valence-corrected chi connectivity index (χ1v) is 4.34. The fourth-order valence-electron chi connectivity index (χ4n) is 0.813. The molecular weight excluding hydrogens is 188 g/mol. The highest BCUT2D eigenvalue weighted by Gasteiger charge is 1.97. The summed E-state index contributed by atoms with van der Waals surface area (Å²) in [6, 6.07) is 4.45. The number of hydrogen-bond donors (Lipinski definition) is 2. The number of halogens is 1. The summed E-state index contributed by atoms with van der Waals surface area (Å²) < 4.78 is 0. The van der Waals surface area contributed by atoms with Crippen LogP contribution in [0, 0.1) is 11.8 Å². The van der Waals surface area contributed by atoms with E-state index in [1.54, 1.807) is 6.07 Å². The molecule has 0 aliphatic carbocycles. The minimum absolute atomic E-state index is 0.136. The van der Waals surface area contributed by atoms with Crippen molar-refractivity contribution in [2.45, 2.75) is 6.42 Å². The Kier molecular flexibility index (Phi) is 3.48. The Balaban J connectivity index is 2.81. The molecule has 68 valence electrons. The SMILES string of the molecule is Oc1ccc(C#CCCCl)cc1O. The third kappa shape index (κ3) is 2.89. The van der Waals surface area contributed by atoms with Crippen LogP contribution in [0.1, 0.15) is 12.0 Å². The van der Waals surface area contributed by atoms with E-state index in [9.17, 15) is 0 Å². The van der Waals surface area contributed by atoms with E-state index in [4.69, 9.17) is 21.8 Å². The molecule has 0 aliphatic heterocycles. The van der Waals surface area contributed by atoms with E-state index in [0.717, 1.165) is 0 Å². The predicted molar refractivity (Wildman–Crippen MR) is 52.0 cm³/mol. The van der Waals surface area contributed by atoms with Gasteiger partial charge in [-0.25, -0.2) is 0 Å². The summed E-state index contributed by atoms with van der Waals surface area (Å²) in [5.74, 6) is 5.84. The van der Waals surface area contributed by atoms with Gasteiger partial charge in [0.2, 0.25) is 0 Å². The van der Waals surface area contributed by atoms with Gasteiger partial charge in [0.15, 0.2) is 11.5 Å². The molecule has 0 fully saturated rings. The first-order chi connectivity index (χ1) is 6.24. The zero-order chi connectivity index (χ0) is 9.68. The average molecular weight is 197 g/mol. The monoisotopic (exact) mass is 196 g/mol. The molecule has 1 aromatic rings. The van der Waals surface area contributed by atoms with Gasteiger partial charge in [0.05, 0.1) is 0 Å². The first-order valence-electron chi connectivity index (χ1n) is 3.81. The molecule has 0 spiro atoms. The Morgan fingerprint density at radius 1 is 1.23 bits per heavy atom. The van der Waals surface area contributed by atoms with Crippen LogP contribution in [0.15, 0.2) is 18.2 Å². The predicted octanol–water partition coefficient (Wildman–Crippen LogP) is 2.08. The zero-order valence-electron chi connectivity index (χ0n) is 6.92. The second kappa shape index (κ2) is 4.64. The van der Waals surface area contributed by atoms with Crippen LogP contribution in [0.3, 0.4) is 0 Å². The highest BCUT2D eigenvalue weighted by atomic mass is 35.5. The summed E-state index contributed by atoms with van der Waals surface area (Å²) >= 11 is 5.43. The van der Waals surface area contributed by atoms with E-state index >= 15 is 0 Å². The van der Waals surface area contributed by atoms with Crippen molar-refractivity contribution >= 4 is 11.6 Å². The zero-order valence-corrected chi connectivity index (χ0v) is 7.67. The van der Waals surface area contributed by atoms with Crippen molar-refractivity contribution < 1.29 is 10.2 Å². The molecule has 13 heavy (non-hydrogen) atoms. The van der Waals surface area contributed by atoms with Crippen molar-refractivity contribution in [2.75, 3.05) is 5.88 Å². The molecule has 2 N–H and O–H groups in total. The summed E-state index contributed by atoms with van der Waals surface area (Å²) in [6.07, 6.45) is 0.614. The molecular formula is C10H9ClO2. The van der Waals surface area contributed by atoms with Gasteiger partial charge in [0.1, 0.15) is 0 Å². The average Bonchev–Trinajstić information content (AvgIpc) is 2.12. The lowest BCUT2D eigenvalue weighted by Gasteiger charge is -1.96. The second-order valence-electron chi connectivity index (χ2n) is 2.44. The number of phenols is 2. The fourth-order valence-corrected chi connectivity index (χ4v) is 0.907. The minimum atomic E-state index is -0.155. The molecule has 0 heterocycles. The molecule has 2 nitrogen and oxygen atoms in total. The highest BCUT2D eigenvalue weighted by molar-refractivity contribution is 6.18. The maximum Gasteiger partial charge on any atom is 0.158 e. The summed E-state index contributed by atoms with van der Waals surface area (Å²) in [5, 5.41) is 18.1. The molecule has 0 amide bonds. The Morgan fingerprint density at radius 2 is 2.00 bits per heavy atom. The van der Waals surface area contributed by atoms with Gasteiger partial charge in [-0.1, -0.05) is 11.8 Å². The third-order valence-electron chi connectivity index (χ3n) is 1.43. The van der Waals surface area contributed by atoms with E-state index < -0.39 is 0 Å². The van der Waals surface area contributed by atoms with Crippen molar-refractivity contribution in [1.82, 2.24) is 0 Å². The third-order valence-corrected chi connectivity index (χ3v) is 1.62. The van der Waals surface area contributed by atoms with Crippen molar-refractivity contribution in [3.63, 3.8) is 0 Å². The Labute approximate surface area is 81.8 Å². The number of benzene rings is 1. The number of phenolic OH excluding ortho intramolecular Hbond substituents is 2. The number of alkyl halides is 1. The van der Waals surface area contributed by atoms with Crippen LogP contribution in [0.2, 0.25) is 0 Å². The van der Waals surface area contributed by atoms with E-state index in [2.05, 4.69) is 11.8 Å². The van der Waals surface area contributed by atoms with Crippen LogP contribution < -0.4 is 0 Å². The molecule has 0 saturated heterocycles. The molecule has 0 radical (unpaired) electrons. The van der Waals surface area contributed by atoms with Gasteiger partial charge in [-0.3, -0.25) is 0 Å². The molecule has 1 aromatic carbocycles. The smallest absolute Gasteiger partial charge is 0.158 e.